The summed E-state index contributed by atoms with van der Waals surface area (Å²) in [6.45, 7) is 2.00. The molecule has 1 aromatic heterocycles. The van der Waals surface area contributed by atoms with Gasteiger partial charge in [0.05, 0.1) is 10.8 Å². The Balaban J connectivity index is 1.81. The molecule has 3 atom stereocenters. The number of alkyl halides is 1. The van der Waals surface area contributed by atoms with Gasteiger partial charge < -0.3 is 15.8 Å². The van der Waals surface area contributed by atoms with Crippen molar-refractivity contribution >= 4 is 23.6 Å². The molecule has 2 aromatic rings. The summed E-state index contributed by atoms with van der Waals surface area (Å²) in [6.07, 6.45) is 7.80. The molecule has 150 valence electrons. The smallest absolute Gasteiger partial charge is 0.407 e. The molecule has 2 amide bonds. The first-order valence-electron chi connectivity index (χ1n) is 9.16. The van der Waals surface area contributed by atoms with E-state index in [1.807, 2.05) is 55.5 Å². The van der Waals surface area contributed by atoms with Gasteiger partial charge in [0.15, 0.2) is 0 Å². The van der Waals surface area contributed by atoms with Crippen LogP contribution in [-0.4, -0.2) is 28.4 Å². The fourth-order valence-electron chi connectivity index (χ4n) is 3.43. The number of benzene rings is 1. The van der Waals surface area contributed by atoms with Gasteiger partial charge in [-0.15, -0.1) is 11.6 Å². The van der Waals surface area contributed by atoms with E-state index in [9.17, 15) is 9.59 Å². The number of rotatable bonds is 6. The van der Waals surface area contributed by atoms with Gasteiger partial charge in [0.2, 0.25) is 5.91 Å². The Morgan fingerprint density at radius 1 is 1.24 bits per heavy atom. The highest BCUT2D eigenvalue weighted by atomic mass is 35.5. The zero-order valence-corrected chi connectivity index (χ0v) is 16.7. The molecule has 29 heavy (non-hydrogen) atoms. The Bertz CT molecular complexity index is 931. The summed E-state index contributed by atoms with van der Waals surface area (Å²) in [4.78, 5) is 28.0. The van der Waals surface area contributed by atoms with Gasteiger partial charge in [-0.05, 0) is 30.2 Å². The summed E-state index contributed by atoms with van der Waals surface area (Å²) in [5.74, 6) is -0.557. The summed E-state index contributed by atoms with van der Waals surface area (Å²) < 4.78 is 5.35. The van der Waals surface area contributed by atoms with Crippen molar-refractivity contribution in [1.29, 1.82) is 0 Å². The van der Waals surface area contributed by atoms with E-state index in [1.165, 1.54) is 0 Å². The number of amides is 2. The standard InChI is InChI=1S/C22H22ClN3O3/c1-15(26-21(28)29-14-16-5-3-2-4-6-16)22(18-8-11-25-12-9-18)10-7-17(20(24)27)13-19(22)23/h2-13,15,19H,14H2,1H3,(H2,24,27)(H,26,28)/t15?,19-,22?/m1/s1. The van der Waals surface area contributed by atoms with Crippen LogP contribution in [0.3, 0.4) is 0 Å². The maximum Gasteiger partial charge on any atom is 0.407 e. The average molecular weight is 412 g/mol. The van der Waals surface area contributed by atoms with Crippen molar-refractivity contribution in [2.24, 2.45) is 5.73 Å². The Kier molecular flexibility index (Phi) is 6.34. The molecule has 0 radical (unpaired) electrons. The van der Waals surface area contributed by atoms with Gasteiger partial charge in [-0.3, -0.25) is 9.78 Å². The molecular weight excluding hydrogens is 390 g/mol. The number of hydrogen-bond acceptors (Lipinski definition) is 4. The second kappa shape index (κ2) is 8.92. The molecule has 0 spiro atoms. The lowest BCUT2D eigenvalue weighted by molar-refractivity contribution is -0.114. The van der Waals surface area contributed by atoms with Crippen molar-refractivity contribution < 1.29 is 14.3 Å². The van der Waals surface area contributed by atoms with Gasteiger partial charge in [-0.1, -0.05) is 48.6 Å². The van der Waals surface area contributed by atoms with E-state index in [2.05, 4.69) is 10.3 Å². The van der Waals surface area contributed by atoms with Crippen molar-refractivity contribution in [3.63, 3.8) is 0 Å². The van der Waals surface area contributed by atoms with Gasteiger partial charge in [0, 0.05) is 24.0 Å². The number of halogens is 1. The summed E-state index contributed by atoms with van der Waals surface area (Å²) >= 11 is 6.72. The maximum atomic E-state index is 12.4. The number of alkyl carbamates (subject to hydrolysis) is 1. The van der Waals surface area contributed by atoms with Gasteiger partial charge in [-0.2, -0.15) is 0 Å². The van der Waals surface area contributed by atoms with Crippen molar-refractivity contribution in [2.45, 2.75) is 30.4 Å². The number of pyridine rings is 1. The first kappa shape index (κ1) is 20.6. The van der Waals surface area contributed by atoms with Gasteiger partial charge >= 0.3 is 6.09 Å². The number of ether oxygens (including phenoxy) is 1. The number of aromatic nitrogens is 1. The largest absolute Gasteiger partial charge is 0.445 e. The van der Waals surface area contributed by atoms with E-state index >= 15 is 0 Å². The molecule has 0 bridgehead atoms. The van der Waals surface area contributed by atoms with Crippen molar-refractivity contribution in [1.82, 2.24) is 10.3 Å². The number of nitrogens with two attached hydrogens (primary N) is 1. The third kappa shape index (κ3) is 4.49. The normalized spacial score (nSPS) is 21.7. The van der Waals surface area contributed by atoms with Gasteiger partial charge in [0.25, 0.3) is 0 Å². The first-order valence-corrected chi connectivity index (χ1v) is 9.60. The average Bonchev–Trinajstić information content (AvgIpc) is 2.73. The Morgan fingerprint density at radius 2 is 1.93 bits per heavy atom. The van der Waals surface area contributed by atoms with Crippen LogP contribution >= 0.6 is 11.6 Å². The van der Waals surface area contributed by atoms with Crippen LogP contribution in [0, 0.1) is 0 Å². The highest BCUT2D eigenvalue weighted by molar-refractivity contribution is 6.23. The molecule has 1 aliphatic carbocycles. The second-order valence-corrected chi connectivity index (χ2v) is 7.29. The Labute approximate surface area is 174 Å². The monoisotopic (exact) mass is 411 g/mol. The van der Waals surface area contributed by atoms with Crippen molar-refractivity contribution in [3.05, 3.63) is 89.8 Å². The SMILES string of the molecule is CC(NC(=O)OCc1ccccc1)C1(c2ccncc2)C=CC(C(N)=O)=C[C@H]1Cl. The second-order valence-electron chi connectivity index (χ2n) is 6.82. The van der Waals surface area contributed by atoms with E-state index in [4.69, 9.17) is 22.1 Å². The lowest BCUT2D eigenvalue weighted by Gasteiger charge is -2.41. The molecule has 0 fully saturated rings. The minimum absolute atomic E-state index is 0.160. The number of primary amides is 1. The predicted molar refractivity (Wildman–Crippen MR) is 111 cm³/mol. The van der Waals surface area contributed by atoms with E-state index in [0.29, 0.717) is 5.57 Å². The van der Waals surface area contributed by atoms with E-state index < -0.39 is 28.8 Å². The van der Waals surface area contributed by atoms with Crippen LogP contribution in [0.25, 0.3) is 0 Å². The van der Waals surface area contributed by atoms with Crippen LogP contribution in [0.2, 0.25) is 0 Å². The highest BCUT2D eigenvalue weighted by Gasteiger charge is 2.44. The topological polar surface area (TPSA) is 94.3 Å². The lowest BCUT2D eigenvalue weighted by atomic mass is 9.69. The number of hydrogen-bond donors (Lipinski definition) is 2. The number of nitrogens with one attached hydrogen (secondary N) is 1. The summed E-state index contributed by atoms with van der Waals surface area (Å²) in [5.41, 5.74) is 6.64. The fourth-order valence-corrected chi connectivity index (χ4v) is 3.95. The molecule has 3 rings (SSSR count). The molecule has 0 saturated carbocycles. The number of carbonyl (C=O) groups excluding carboxylic acids is 2. The molecule has 6 nitrogen and oxygen atoms in total. The molecule has 1 heterocycles. The zero-order valence-electron chi connectivity index (χ0n) is 15.9. The molecule has 2 unspecified atom stereocenters. The minimum Gasteiger partial charge on any atom is -0.445 e. The highest BCUT2D eigenvalue weighted by Crippen LogP contribution is 2.40. The lowest BCUT2D eigenvalue weighted by Crippen LogP contribution is -2.53. The number of nitrogens with zero attached hydrogens (tertiary/aromatic N) is 1. The quantitative estimate of drug-likeness (QED) is 0.713. The van der Waals surface area contributed by atoms with Gasteiger partial charge in [0.1, 0.15) is 6.61 Å². The molecular formula is C22H22ClN3O3. The third-order valence-corrected chi connectivity index (χ3v) is 5.54. The third-order valence-electron chi connectivity index (χ3n) is 5.05. The molecule has 3 N–H and O–H groups in total. The van der Waals surface area contributed by atoms with Crippen LogP contribution in [0.4, 0.5) is 4.79 Å². The zero-order chi connectivity index (χ0) is 20.9. The van der Waals surface area contributed by atoms with E-state index in [-0.39, 0.29) is 6.61 Å². The van der Waals surface area contributed by atoms with Crippen molar-refractivity contribution in [2.75, 3.05) is 0 Å². The van der Waals surface area contributed by atoms with E-state index in [1.54, 1.807) is 24.5 Å². The Hall–Kier alpha value is -3.12. The Morgan fingerprint density at radius 3 is 2.55 bits per heavy atom. The van der Waals surface area contributed by atoms with Crippen LogP contribution in [-0.2, 0) is 21.6 Å². The first-order chi connectivity index (χ1) is 13.9. The molecule has 0 aliphatic heterocycles. The number of allylic oxidation sites excluding steroid dienone is 1. The molecule has 1 aliphatic rings. The molecule has 1 aromatic carbocycles. The minimum atomic E-state index is -0.810. The van der Waals surface area contributed by atoms with Crippen LogP contribution < -0.4 is 11.1 Å². The van der Waals surface area contributed by atoms with Gasteiger partial charge in [-0.25, -0.2) is 4.79 Å². The predicted octanol–water partition coefficient (Wildman–Crippen LogP) is 3.22. The summed E-state index contributed by atoms with van der Waals surface area (Å²) in [5, 5.41) is 2.25. The summed E-state index contributed by atoms with van der Waals surface area (Å²) in [6, 6.07) is 12.6. The van der Waals surface area contributed by atoms with Crippen LogP contribution in [0.5, 0.6) is 0 Å². The van der Waals surface area contributed by atoms with Crippen LogP contribution in [0.1, 0.15) is 18.1 Å². The molecule has 0 saturated heterocycles. The van der Waals surface area contributed by atoms with Crippen molar-refractivity contribution in [3.8, 4) is 0 Å². The maximum absolute atomic E-state index is 12.4. The number of carbonyl (C=O) groups is 2. The van der Waals surface area contributed by atoms with E-state index in [0.717, 1.165) is 11.1 Å². The van der Waals surface area contributed by atoms with Crippen LogP contribution in [0.15, 0.2) is 78.7 Å². The summed E-state index contributed by atoms with van der Waals surface area (Å²) in [7, 11) is 0. The molecule has 7 heteroatoms. The fraction of sp³-hybridized carbons (Fsp3) is 0.227.